The van der Waals surface area contributed by atoms with Gasteiger partial charge < -0.3 is 0 Å². The van der Waals surface area contributed by atoms with Crippen LogP contribution >= 0.6 is 27.5 Å². The van der Waals surface area contributed by atoms with Crippen molar-refractivity contribution < 1.29 is 4.39 Å². The predicted molar refractivity (Wildman–Crippen MR) is 89.6 cm³/mol. The summed E-state index contributed by atoms with van der Waals surface area (Å²) in [4.78, 5) is 4.66. The third-order valence-electron chi connectivity index (χ3n) is 3.35. The smallest absolute Gasteiger partial charge is 0.124 e. The number of hydrogen-bond donors (Lipinski definition) is 0. The van der Waals surface area contributed by atoms with E-state index in [1.54, 1.807) is 6.07 Å². The van der Waals surface area contributed by atoms with E-state index < -0.39 is 0 Å². The molecule has 0 saturated heterocycles. The molecule has 3 rings (SSSR count). The molecule has 106 valence electrons. The van der Waals surface area contributed by atoms with Crippen LogP contribution < -0.4 is 0 Å². The number of alkyl halides is 1. The Kier molecular flexibility index (Phi) is 4.22. The fraction of sp³-hybridized carbons (Fsp3) is 0.118. The number of aromatic nitrogens is 1. The zero-order chi connectivity index (χ0) is 14.8. The van der Waals surface area contributed by atoms with Crippen molar-refractivity contribution in [2.45, 2.75) is 6.42 Å². The van der Waals surface area contributed by atoms with Crippen LogP contribution in [0.2, 0.25) is 5.02 Å². The first-order valence-electron chi connectivity index (χ1n) is 6.59. The van der Waals surface area contributed by atoms with Gasteiger partial charge >= 0.3 is 0 Å². The maximum absolute atomic E-state index is 13.5. The number of hydrogen-bond acceptors (Lipinski definition) is 1. The largest absolute Gasteiger partial charge is 0.252 e. The normalized spacial score (nSPS) is 11.0. The third kappa shape index (κ3) is 2.81. The van der Waals surface area contributed by atoms with Gasteiger partial charge in [-0.1, -0.05) is 57.9 Å². The summed E-state index contributed by atoms with van der Waals surface area (Å²) in [5.41, 5.74) is 3.52. The van der Waals surface area contributed by atoms with Crippen LogP contribution in [0.1, 0.15) is 5.69 Å². The molecule has 0 aliphatic carbocycles. The molecule has 4 heteroatoms. The van der Waals surface area contributed by atoms with Crippen LogP contribution in [0.15, 0.2) is 48.5 Å². The lowest BCUT2D eigenvalue weighted by atomic mass is 10.00. The lowest BCUT2D eigenvalue weighted by Crippen LogP contribution is -1.98. The lowest BCUT2D eigenvalue weighted by Gasteiger charge is -2.13. The van der Waals surface area contributed by atoms with E-state index >= 15 is 0 Å². The van der Waals surface area contributed by atoms with Crippen LogP contribution in [0.5, 0.6) is 0 Å². The lowest BCUT2D eigenvalue weighted by molar-refractivity contribution is 0.629. The van der Waals surface area contributed by atoms with Gasteiger partial charge in [0.25, 0.3) is 0 Å². The highest BCUT2D eigenvalue weighted by Gasteiger charge is 2.15. The standard InChI is InChI=1S/C17H12BrClFN/c18-9-8-15-16(11-4-2-1-3-5-11)17(19)13-10-12(20)6-7-14(13)21-15/h1-7,10H,8-9H2. The van der Waals surface area contributed by atoms with E-state index in [0.717, 1.165) is 34.1 Å². The first-order valence-corrected chi connectivity index (χ1v) is 8.09. The van der Waals surface area contributed by atoms with E-state index in [9.17, 15) is 4.39 Å². The number of pyridine rings is 1. The molecule has 1 nitrogen and oxygen atoms in total. The van der Waals surface area contributed by atoms with E-state index in [-0.39, 0.29) is 5.82 Å². The quantitative estimate of drug-likeness (QED) is 0.549. The third-order valence-corrected chi connectivity index (χ3v) is 4.14. The van der Waals surface area contributed by atoms with Crippen LogP contribution in [-0.2, 0) is 6.42 Å². The van der Waals surface area contributed by atoms with Crippen molar-refractivity contribution in [3.05, 3.63) is 65.1 Å². The van der Waals surface area contributed by atoms with Gasteiger partial charge in [-0.3, -0.25) is 4.98 Å². The molecular weight excluding hydrogens is 353 g/mol. The molecule has 21 heavy (non-hydrogen) atoms. The Morgan fingerprint density at radius 3 is 2.57 bits per heavy atom. The molecule has 2 aromatic carbocycles. The number of nitrogens with zero attached hydrogens (tertiary/aromatic N) is 1. The van der Waals surface area contributed by atoms with Crippen LogP contribution in [0, 0.1) is 5.82 Å². The molecule has 0 saturated carbocycles. The molecule has 0 bridgehead atoms. The van der Waals surface area contributed by atoms with E-state index in [2.05, 4.69) is 20.9 Å². The van der Waals surface area contributed by atoms with Crippen LogP contribution in [0.3, 0.4) is 0 Å². The van der Waals surface area contributed by atoms with E-state index in [0.29, 0.717) is 10.4 Å². The Hall–Kier alpha value is -1.45. The molecule has 0 aliphatic rings. The highest BCUT2D eigenvalue weighted by molar-refractivity contribution is 9.09. The second kappa shape index (κ2) is 6.12. The predicted octanol–water partition coefficient (Wildman–Crippen LogP) is 5.63. The van der Waals surface area contributed by atoms with Gasteiger partial charge in [-0.2, -0.15) is 0 Å². The van der Waals surface area contributed by atoms with Crippen molar-refractivity contribution in [1.29, 1.82) is 0 Å². The summed E-state index contributed by atoms with van der Waals surface area (Å²) in [6.07, 6.45) is 0.761. The number of benzene rings is 2. The zero-order valence-corrected chi connectivity index (χ0v) is 13.5. The van der Waals surface area contributed by atoms with Gasteiger partial charge in [0.1, 0.15) is 5.82 Å². The number of aryl methyl sites for hydroxylation is 1. The first-order chi connectivity index (χ1) is 10.2. The Balaban J connectivity index is 2.34. The molecule has 0 radical (unpaired) electrons. The van der Waals surface area contributed by atoms with Gasteiger partial charge in [-0.05, 0) is 23.8 Å². The van der Waals surface area contributed by atoms with Crippen molar-refractivity contribution in [2.75, 3.05) is 5.33 Å². The molecule has 1 aromatic heterocycles. The minimum absolute atomic E-state index is 0.307. The molecular formula is C17H12BrClFN. The number of halogens is 3. The van der Waals surface area contributed by atoms with Crippen molar-refractivity contribution in [3.63, 3.8) is 0 Å². The zero-order valence-electron chi connectivity index (χ0n) is 11.1. The van der Waals surface area contributed by atoms with Crippen LogP contribution in [0.25, 0.3) is 22.0 Å². The average molecular weight is 365 g/mol. The second-order valence-electron chi connectivity index (χ2n) is 4.71. The van der Waals surface area contributed by atoms with Crippen molar-refractivity contribution >= 4 is 38.4 Å². The van der Waals surface area contributed by atoms with Crippen molar-refractivity contribution in [3.8, 4) is 11.1 Å². The molecule has 0 N–H and O–H groups in total. The number of rotatable bonds is 3. The molecule has 3 aromatic rings. The summed E-state index contributed by atoms with van der Waals surface area (Å²) in [6.45, 7) is 0. The molecule has 1 heterocycles. The van der Waals surface area contributed by atoms with E-state index in [1.807, 2.05) is 30.3 Å². The highest BCUT2D eigenvalue weighted by Crippen LogP contribution is 2.36. The molecule has 0 atom stereocenters. The molecule has 0 spiro atoms. The molecule has 0 amide bonds. The van der Waals surface area contributed by atoms with Crippen molar-refractivity contribution in [2.24, 2.45) is 0 Å². The Labute approximate surface area is 135 Å². The summed E-state index contributed by atoms with van der Waals surface area (Å²) in [6, 6.07) is 14.4. The number of fused-ring (bicyclic) bond motifs is 1. The van der Waals surface area contributed by atoms with Crippen molar-refractivity contribution in [1.82, 2.24) is 4.98 Å². The van der Waals surface area contributed by atoms with Crippen LogP contribution in [-0.4, -0.2) is 10.3 Å². The Morgan fingerprint density at radius 2 is 1.86 bits per heavy atom. The van der Waals surface area contributed by atoms with Gasteiger partial charge in [0.15, 0.2) is 0 Å². The maximum atomic E-state index is 13.5. The van der Waals surface area contributed by atoms with Gasteiger partial charge in [0.2, 0.25) is 0 Å². The van der Waals surface area contributed by atoms with Crippen LogP contribution in [0.4, 0.5) is 4.39 Å². The molecule has 0 unspecified atom stereocenters. The van der Waals surface area contributed by atoms with Gasteiger partial charge in [-0.25, -0.2) is 4.39 Å². The summed E-state index contributed by atoms with van der Waals surface area (Å²) in [5, 5.41) is 2.00. The summed E-state index contributed by atoms with van der Waals surface area (Å²) >= 11 is 10.0. The summed E-state index contributed by atoms with van der Waals surface area (Å²) in [7, 11) is 0. The Morgan fingerprint density at radius 1 is 1.10 bits per heavy atom. The fourth-order valence-electron chi connectivity index (χ4n) is 2.41. The minimum Gasteiger partial charge on any atom is -0.252 e. The minimum atomic E-state index is -0.307. The molecule has 0 aliphatic heterocycles. The summed E-state index contributed by atoms with van der Waals surface area (Å²) in [5.74, 6) is -0.307. The fourth-order valence-corrected chi connectivity index (χ4v) is 3.16. The first kappa shape index (κ1) is 14.5. The summed E-state index contributed by atoms with van der Waals surface area (Å²) < 4.78 is 13.5. The SMILES string of the molecule is Fc1ccc2nc(CCBr)c(-c3ccccc3)c(Cl)c2c1. The molecule has 0 fully saturated rings. The van der Waals surface area contributed by atoms with Gasteiger partial charge in [0.05, 0.1) is 16.2 Å². The highest BCUT2D eigenvalue weighted by atomic mass is 79.9. The van der Waals surface area contributed by atoms with E-state index in [4.69, 9.17) is 11.6 Å². The topological polar surface area (TPSA) is 12.9 Å². The van der Waals surface area contributed by atoms with E-state index in [1.165, 1.54) is 12.1 Å². The second-order valence-corrected chi connectivity index (χ2v) is 5.88. The monoisotopic (exact) mass is 363 g/mol. The van der Waals surface area contributed by atoms with Gasteiger partial charge in [0, 0.05) is 22.7 Å². The average Bonchev–Trinajstić information content (AvgIpc) is 2.50. The van der Waals surface area contributed by atoms with Gasteiger partial charge in [-0.15, -0.1) is 0 Å². The maximum Gasteiger partial charge on any atom is 0.124 e. The Bertz CT molecular complexity index is 790.